The fourth-order valence-electron chi connectivity index (χ4n) is 1.97. The average molecular weight is 347 g/mol. The average Bonchev–Trinajstić information content (AvgIpc) is 3.08. The molecule has 124 valence electrons. The zero-order chi connectivity index (χ0) is 17.0. The van der Waals surface area contributed by atoms with E-state index < -0.39 is 15.8 Å². The number of aromatic nitrogens is 1. The number of nitrogens with one attached hydrogen (secondary N) is 2. The zero-order valence-electron chi connectivity index (χ0n) is 12.4. The van der Waals surface area contributed by atoms with Crippen LogP contribution in [-0.2, 0) is 16.6 Å². The molecule has 0 aliphatic heterocycles. The highest BCUT2D eigenvalue weighted by molar-refractivity contribution is 7.92. The molecule has 2 aromatic heterocycles. The summed E-state index contributed by atoms with van der Waals surface area (Å²) in [7, 11) is -3.81. The first-order chi connectivity index (χ1) is 11.5. The first-order valence-corrected chi connectivity index (χ1v) is 8.52. The predicted octanol–water partition coefficient (Wildman–Crippen LogP) is 3.23. The molecule has 24 heavy (non-hydrogen) atoms. The monoisotopic (exact) mass is 347 g/mol. The Morgan fingerprint density at radius 2 is 1.88 bits per heavy atom. The van der Waals surface area contributed by atoms with E-state index in [4.69, 9.17) is 4.42 Å². The smallest absolute Gasteiger partial charge is 0.263 e. The van der Waals surface area contributed by atoms with Crippen LogP contribution in [0.5, 0.6) is 0 Å². The minimum absolute atomic E-state index is 0.0364. The molecule has 0 fully saturated rings. The maximum atomic E-state index is 12.9. The number of sulfonamides is 1. The molecular weight excluding hydrogens is 333 g/mol. The Hall–Kier alpha value is -2.87. The van der Waals surface area contributed by atoms with Gasteiger partial charge < -0.3 is 9.73 Å². The van der Waals surface area contributed by atoms with Crippen molar-refractivity contribution in [2.45, 2.75) is 11.4 Å². The Bertz CT molecular complexity index is 893. The number of hydrogen-bond donors (Lipinski definition) is 2. The Balaban J connectivity index is 1.66. The van der Waals surface area contributed by atoms with Gasteiger partial charge in [-0.1, -0.05) is 0 Å². The van der Waals surface area contributed by atoms with Gasteiger partial charge in [0.25, 0.3) is 10.0 Å². The van der Waals surface area contributed by atoms with Crippen molar-refractivity contribution in [2.24, 2.45) is 0 Å². The molecule has 3 rings (SSSR count). The summed E-state index contributed by atoms with van der Waals surface area (Å²) in [5, 5.41) is 3.10. The molecular formula is C16H14FN3O3S. The van der Waals surface area contributed by atoms with Crippen LogP contribution >= 0.6 is 0 Å². The lowest BCUT2D eigenvalue weighted by molar-refractivity contribution is 0.518. The van der Waals surface area contributed by atoms with Gasteiger partial charge in [-0.05, 0) is 48.5 Å². The molecule has 0 spiro atoms. The molecule has 0 saturated carbocycles. The van der Waals surface area contributed by atoms with Crippen LogP contribution in [-0.4, -0.2) is 13.4 Å². The van der Waals surface area contributed by atoms with E-state index in [9.17, 15) is 12.8 Å². The molecule has 0 radical (unpaired) electrons. The summed E-state index contributed by atoms with van der Waals surface area (Å²) in [6.07, 6.45) is 3.09. The maximum Gasteiger partial charge on any atom is 0.263 e. The fraction of sp³-hybridized carbons (Fsp3) is 0.0625. The molecule has 0 amide bonds. The van der Waals surface area contributed by atoms with E-state index in [1.807, 2.05) is 6.07 Å². The third-order valence-electron chi connectivity index (χ3n) is 3.17. The lowest BCUT2D eigenvalue weighted by Crippen LogP contribution is -2.14. The molecule has 1 aromatic carbocycles. The van der Waals surface area contributed by atoms with Crippen molar-refractivity contribution in [1.29, 1.82) is 0 Å². The number of furan rings is 1. The molecule has 2 N–H and O–H groups in total. The number of anilines is 2. The molecule has 0 saturated heterocycles. The SMILES string of the molecule is O=S(=O)(Nc1ccc(NCc2ccco2)cn1)c1ccc(F)cc1. The van der Waals surface area contributed by atoms with E-state index in [-0.39, 0.29) is 10.7 Å². The molecule has 2 heterocycles. The van der Waals surface area contributed by atoms with Crippen molar-refractivity contribution in [3.05, 3.63) is 72.6 Å². The van der Waals surface area contributed by atoms with E-state index in [2.05, 4.69) is 15.0 Å². The number of halogens is 1. The van der Waals surface area contributed by atoms with Crippen molar-refractivity contribution in [1.82, 2.24) is 4.98 Å². The van der Waals surface area contributed by atoms with Gasteiger partial charge in [0.2, 0.25) is 0 Å². The summed E-state index contributed by atoms with van der Waals surface area (Å²) in [6.45, 7) is 0.495. The van der Waals surface area contributed by atoms with Gasteiger partial charge in [0.05, 0.1) is 29.6 Å². The second-order valence-corrected chi connectivity index (χ2v) is 6.61. The van der Waals surface area contributed by atoms with Gasteiger partial charge in [-0.25, -0.2) is 17.8 Å². The molecule has 8 heteroatoms. The van der Waals surface area contributed by atoms with Gasteiger partial charge in [-0.15, -0.1) is 0 Å². The minimum Gasteiger partial charge on any atom is -0.467 e. The highest BCUT2D eigenvalue weighted by Gasteiger charge is 2.14. The van der Waals surface area contributed by atoms with Gasteiger partial charge in [-0.3, -0.25) is 4.72 Å². The molecule has 6 nitrogen and oxygen atoms in total. The third-order valence-corrected chi connectivity index (χ3v) is 4.54. The van der Waals surface area contributed by atoms with Gasteiger partial charge in [0.15, 0.2) is 0 Å². The highest BCUT2D eigenvalue weighted by Crippen LogP contribution is 2.16. The van der Waals surface area contributed by atoms with Crippen molar-refractivity contribution < 1.29 is 17.2 Å². The first kappa shape index (κ1) is 16.0. The van der Waals surface area contributed by atoms with Gasteiger partial charge >= 0.3 is 0 Å². The lowest BCUT2D eigenvalue weighted by Gasteiger charge is -2.09. The van der Waals surface area contributed by atoms with E-state index in [0.717, 1.165) is 23.6 Å². The van der Waals surface area contributed by atoms with E-state index in [1.165, 1.54) is 24.4 Å². The number of pyridine rings is 1. The van der Waals surface area contributed by atoms with Crippen LogP contribution in [0.15, 0.2) is 70.3 Å². The van der Waals surface area contributed by atoms with Gasteiger partial charge in [0.1, 0.15) is 17.4 Å². The standard InChI is InChI=1S/C16H14FN3O3S/c17-12-3-6-15(7-4-12)24(21,22)20-16-8-5-13(10-19-16)18-11-14-2-1-9-23-14/h1-10,18H,11H2,(H,19,20). The molecule has 3 aromatic rings. The van der Waals surface area contributed by atoms with Crippen molar-refractivity contribution in [3.63, 3.8) is 0 Å². The van der Waals surface area contributed by atoms with E-state index in [0.29, 0.717) is 6.54 Å². The normalized spacial score (nSPS) is 11.2. The molecule has 0 aliphatic rings. The maximum absolute atomic E-state index is 12.9. The summed E-state index contributed by atoms with van der Waals surface area (Å²) >= 11 is 0. The minimum atomic E-state index is -3.81. The Morgan fingerprint density at radius 3 is 2.50 bits per heavy atom. The number of nitrogens with zero attached hydrogens (tertiary/aromatic N) is 1. The second kappa shape index (κ2) is 6.71. The lowest BCUT2D eigenvalue weighted by atomic mass is 10.4. The van der Waals surface area contributed by atoms with Crippen LogP contribution in [0.3, 0.4) is 0 Å². The Labute approximate surface area is 138 Å². The van der Waals surface area contributed by atoms with Crippen LogP contribution in [0.4, 0.5) is 15.9 Å². The molecule has 0 atom stereocenters. The first-order valence-electron chi connectivity index (χ1n) is 7.04. The van der Waals surface area contributed by atoms with E-state index in [1.54, 1.807) is 18.4 Å². The second-order valence-electron chi connectivity index (χ2n) is 4.92. The van der Waals surface area contributed by atoms with Gasteiger partial charge in [0, 0.05) is 0 Å². The van der Waals surface area contributed by atoms with Crippen LogP contribution in [0, 0.1) is 5.82 Å². The van der Waals surface area contributed by atoms with Crippen LogP contribution in [0.2, 0.25) is 0 Å². The molecule has 0 aliphatic carbocycles. The topological polar surface area (TPSA) is 84.2 Å². The summed E-state index contributed by atoms with van der Waals surface area (Å²) in [5.74, 6) is 0.443. The van der Waals surface area contributed by atoms with Crippen LogP contribution in [0.25, 0.3) is 0 Å². The van der Waals surface area contributed by atoms with Crippen molar-refractivity contribution in [3.8, 4) is 0 Å². The fourth-order valence-corrected chi connectivity index (χ4v) is 2.98. The predicted molar refractivity (Wildman–Crippen MR) is 87.5 cm³/mol. The van der Waals surface area contributed by atoms with Gasteiger partial charge in [-0.2, -0.15) is 0 Å². The summed E-state index contributed by atoms with van der Waals surface area (Å²) < 4.78 is 44.8. The molecule has 0 unspecified atom stereocenters. The van der Waals surface area contributed by atoms with Crippen LogP contribution < -0.4 is 10.0 Å². The highest BCUT2D eigenvalue weighted by atomic mass is 32.2. The zero-order valence-corrected chi connectivity index (χ0v) is 13.3. The Kier molecular flexibility index (Phi) is 4.48. The van der Waals surface area contributed by atoms with Crippen molar-refractivity contribution in [2.75, 3.05) is 10.0 Å². The summed E-state index contributed by atoms with van der Waals surface area (Å²) in [4.78, 5) is 4.01. The summed E-state index contributed by atoms with van der Waals surface area (Å²) in [6, 6.07) is 11.4. The number of hydrogen-bond acceptors (Lipinski definition) is 5. The largest absolute Gasteiger partial charge is 0.467 e. The number of benzene rings is 1. The quantitative estimate of drug-likeness (QED) is 0.715. The Morgan fingerprint density at radius 1 is 1.08 bits per heavy atom. The number of rotatable bonds is 6. The third kappa shape index (κ3) is 3.90. The molecule has 0 bridgehead atoms. The van der Waals surface area contributed by atoms with E-state index >= 15 is 0 Å². The van der Waals surface area contributed by atoms with Crippen LogP contribution in [0.1, 0.15) is 5.76 Å². The van der Waals surface area contributed by atoms with Crippen molar-refractivity contribution >= 4 is 21.5 Å². The summed E-state index contributed by atoms with van der Waals surface area (Å²) in [5.41, 5.74) is 0.719.